The van der Waals surface area contributed by atoms with Crippen molar-refractivity contribution >= 4 is 76.3 Å². The second-order valence-corrected chi connectivity index (χ2v) is 37.6. The van der Waals surface area contributed by atoms with E-state index in [1.807, 2.05) is 0 Å². The van der Waals surface area contributed by atoms with Crippen LogP contribution >= 0.6 is 0 Å². The first-order valence-corrected chi connectivity index (χ1v) is 41.7. The first-order chi connectivity index (χ1) is 53.7. The molecule has 0 fully saturated rings. The quantitative estimate of drug-likeness (QED) is 0.135. The van der Waals surface area contributed by atoms with E-state index < -0.39 is 13.3 Å². The van der Waals surface area contributed by atoms with E-state index in [9.17, 15) is 0 Å². The SMILES string of the molecule is Cc1ccc2c(c1-c1cccc[c]1[Ge]([c]1ccccc1-c1c(C)ccc3c1-c1c4c(ccc1=N3)=c1ccccc1=N4)([c]1ccccc1-c1c(C)ccc3c1-c1c4c(ccc1=N3)=c1ccccc1=N4)[c]1ccccc1-c1c(C)ccc3c1-c1c4c(ccc1=N3)=c1ccccc1=N4)-c1c3c(ccc1=N2)=c1ccccc1=N3. The standard InChI is InChI=1S/C100H60GeN8/c1-53-37-45-77-89(93-81(102-77)49-41-61-57-21-9-17-33-73(57)106-97(61)93)85(53)65-25-5-13-29-69(65)101(70-30-14-6-26-66(70)86-54(2)38-46-78-90(86)94-82(103-78)50-42-62-58-22-10-18-34-74(58)107-98(62)94,71-31-15-7-27-67(71)87-55(3)39-47-79-91(87)95-83(104-79)51-43-63-59-23-11-19-35-75(59)108-99(63)95)72-32-16-8-28-68(72)88-56(4)40-48-80-92(88)96-84(105-80)52-44-64-60-24-12-20-36-76(60)109-100(64)96/h5-52H,1-4H3. The van der Waals surface area contributed by atoms with Gasteiger partial charge in [-0.1, -0.05) is 0 Å². The van der Waals surface area contributed by atoms with Crippen molar-refractivity contribution in [3.63, 3.8) is 0 Å². The average molecular weight is 1450 g/mol. The third-order valence-corrected chi connectivity index (χ3v) is 34.7. The molecular weight excluding hydrogens is 1390 g/mol. The summed E-state index contributed by atoms with van der Waals surface area (Å²) in [6, 6.07) is 108. The van der Waals surface area contributed by atoms with Crippen LogP contribution in [-0.2, 0) is 0 Å². The van der Waals surface area contributed by atoms with Crippen molar-refractivity contribution in [2.75, 3.05) is 0 Å². The summed E-state index contributed by atoms with van der Waals surface area (Å²) >= 11 is -5.35. The Morgan fingerprint density at radius 2 is 0.385 bits per heavy atom. The zero-order valence-electron chi connectivity index (χ0n) is 59.8. The number of rotatable bonds is 8. The summed E-state index contributed by atoms with van der Waals surface area (Å²) < 4.78 is 5.05. The van der Waals surface area contributed by atoms with Crippen LogP contribution < -0.4 is 60.4 Å². The van der Waals surface area contributed by atoms with Crippen LogP contribution in [-0.4, -0.2) is 13.3 Å². The molecule has 0 N–H and O–H groups in total. The third kappa shape index (κ3) is 8.17. The van der Waals surface area contributed by atoms with Gasteiger partial charge in [-0.25, -0.2) is 0 Å². The van der Waals surface area contributed by atoms with Gasteiger partial charge in [0.1, 0.15) is 0 Å². The zero-order valence-corrected chi connectivity index (χ0v) is 61.9. The topological polar surface area (TPSA) is 98.9 Å². The molecule has 109 heavy (non-hydrogen) atoms. The summed E-state index contributed by atoms with van der Waals surface area (Å²) in [5.74, 6) is 0. The summed E-state index contributed by atoms with van der Waals surface area (Å²) in [6.07, 6.45) is 0. The Labute approximate surface area is 626 Å². The van der Waals surface area contributed by atoms with Crippen LogP contribution in [0, 0.1) is 69.4 Å². The second kappa shape index (κ2) is 22.3. The summed E-state index contributed by atoms with van der Waals surface area (Å²) in [4.78, 5) is 44.7. The number of benzene rings is 16. The molecule has 0 bridgehead atoms. The molecule has 24 rings (SSSR count). The van der Waals surface area contributed by atoms with Crippen molar-refractivity contribution in [2.24, 2.45) is 39.9 Å². The minimum absolute atomic E-state index is 0.921. The summed E-state index contributed by atoms with van der Waals surface area (Å²) in [6.45, 7) is 9.23. The predicted molar refractivity (Wildman–Crippen MR) is 435 cm³/mol. The molecule has 0 aliphatic carbocycles. The van der Waals surface area contributed by atoms with Gasteiger partial charge in [0.05, 0.1) is 0 Å². The molecule has 0 unspecified atom stereocenters. The van der Waals surface area contributed by atoms with Crippen molar-refractivity contribution in [3.05, 3.63) is 398 Å². The van der Waals surface area contributed by atoms with Crippen molar-refractivity contribution in [1.82, 2.24) is 0 Å². The number of nitrogens with zero attached hydrogens (tertiary/aromatic N) is 8. The Morgan fingerprint density at radius 1 is 0.165 bits per heavy atom. The van der Waals surface area contributed by atoms with Crippen molar-refractivity contribution < 1.29 is 0 Å². The van der Waals surface area contributed by atoms with Gasteiger partial charge in [-0.2, -0.15) is 0 Å². The Balaban J connectivity index is 0.886. The molecule has 0 radical (unpaired) electrons. The maximum atomic E-state index is 5.61. The first-order valence-electron chi connectivity index (χ1n) is 37.5. The molecule has 0 aromatic heterocycles. The molecule has 0 saturated heterocycles. The number of para-hydroxylation sites is 4. The van der Waals surface area contributed by atoms with E-state index >= 15 is 0 Å². The van der Waals surface area contributed by atoms with Gasteiger partial charge in [-0.15, -0.1) is 0 Å². The fraction of sp³-hybridized carbons (Fsp3) is 0.0400. The Bertz CT molecular complexity index is 7170. The van der Waals surface area contributed by atoms with Gasteiger partial charge in [0.25, 0.3) is 0 Å². The zero-order chi connectivity index (χ0) is 71.8. The van der Waals surface area contributed by atoms with Crippen molar-refractivity contribution in [3.8, 4) is 89.0 Å². The van der Waals surface area contributed by atoms with E-state index in [2.05, 4.69) is 319 Å². The molecule has 16 aromatic carbocycles. The molecule has 0 amide bonds. The Morgan fingerprint density at radius 3 is 0.633 bits per heavy atom. The number of hydrogen-bond donors (Lipinski definition) is 0. The normalized spacial score (nSPS) is 13.2. The van der Waals surface area contributed by atoms with E-state index in [1.54, 1.807) is 0 Å². The van der Waals surface area contributed by atoms with E-state index in [0.29, 0.717) is 0 Å². The molecule has 9 heteroatoms. The molecular formula is C100H60GeN8. The van der Waals surface area contributed by atoms with Crippen molar-refractivity contribution in [2.45, 2.75) is 27.7 Å². The van der Waals surface area contributed by atoms with Crippen LogP contribution in [0.5, 0.6) is 0 Å². The van der Waals surface area contributed by atoms with Crippen LogP contribution in [0.4, 0.5) is 45.5 Å². The molecule has 0 spiro atoms. The predicted octanol–water partition coefficient (Wildman–Crippen LogP) is 16.9. The molecule has 0 saturated carbocycles. The molecule has 8 nitrogen and oxygen atoms in total. The third-order valence-electron chi connectivity index (χ3n) is 24.3. The van der Waals surface area contributed by atoms with E-state index in [4.69, 9.17) is 39.9 Å². The summed E-state index contributed by atoms with van der Waals surface area (Å²) in [5.41, 5.74) is 29.9. The molecule has 8 heterocycles. The van der Waals surface area contributed by atoms with E-state index in [0.717, 1.165) is 241 Å². The molecule has 504 valence electrons. The van der Waals surface area contributed by atoms with Gasteiger partial charge >= 0.3 is 631 Å². The van der Waals surface area contributed by atoms with Gasteiger partial charge < -0.3 is 0 Å². The van der Waals surface area contributed by atoms with Gasteiger partial charge in [-0.3, -0.25) is 0 Å². The van der Waals surface area contributed by atoms with Crippen LogP contribution in [0.2, 0.25) is 0 Å². The Hall–Kier alpha value is -13.5. The van der Waals surface area contributed by atoms with Gasteiger partial charge in [0.15, 0.2) is 0 Å². The van der Waals surface area contributed by atoms with Crippen molar-refractivity contribution in [1.29, 1.82) is 0 Å². The van der Waals surface area contributed by atoms with Crippen LogP contribution in [0.15, 0.2) is 331 Å². The van der Waals surface area contributed by atoms with Crippen LogP contribution in [0.1, 0.15) is 22.3 Å². The van der Waals surface area contributed by atoms with Crippen LogP contribution in [0.3, 0.4) is 0 Å². The maximum absolute atomic E-state index is 5.61. The molecule has 16 aromatic rings. The van der Waals surface area contributed by atoms with E-state index in [1.165, 1.54) is 17.6 Å². The van der Waals surface area contributed by atoms with Gasteiger partial charge in [0, 0.05) is 0 Å². The fourth-order valence-electron chi connectivity index (χ4n) is 19.8. The number of hydrogen-bond acceptors (Lipinski definition) is 8. The second-order valence-electron chi connectivity index (χ2n) is 29.9. The molecule has 8 aliphatic heterocycles. The summed E-state index contributed by atoms with van der Waals surface area (Å²) in [7, 11) is 0. The number of fused-ring (bicyclic) bond motifs is 24. The number of aryl methyl sites for hydroxylation is 4. The van der Waals surface area contributed by atoms with Gasteiger partial charge in [0.2, 0.25) is 0 Å². The van der Waals surface area contributed by atoms with Gasteiger partial charge in [-0.05, 0) is 0 Å². The average Bonchev–Trinajstić information content (AvgIpc) is 1.55. The molecule has 8 aliphatic rings. The van der Waals surface area contributed by atoms with Crippen LogP contribution in [0.25, 0.3) is 89.0 Å². The Kier molecular flexibility index (Phi) is 12.4. The monoisotopic (exact) mass is 1450 g/mol. The minimum atomic E-state index is -5.35. The molecule has 0 atom stereocenters. The summed E-state index contributed by atoms with van der Waals surface area (Å²) in [5, 5.41) is 16.5. The van der Waals surface area contributed by atoms with E-state index in [-0.39, 0.29) is 0 Å². The fourth-order valence-corrected chi connectivity index (χ4v) is 31.4. The first kappa shape index (κ1) is 60.7.